The molecule has 2 saturated carbocycles. The van der Waals surface area contributed by atoms with Crippen molar-refractivity contribution in [1.29, 1.82) is 0 Å². The highest BCUT2D eigenvalue weighted by atomic mass is 32.2. The van der Waals surface area contributed by atoms with Crippen molar-refractivity contribution in [2.75, 3.05) is 23.9 Å². The van der Waals surface area contributed by atoms with Crippen molar-refractivity contribution in [2.24, 2.45) is 17.3 Å². The second-order valence-corrected chi connectivity index (χ2v) is 12.3. The molecule has 6 rings (SSSR count). The smallest absolute Gasteiger partial charge is 0.264 e. The van der Waals surface area contributed by atoms with E-state index in [1.54, 1.807) is 28.6 Å². The second kappa shape index (κ2) is 7.35. The molecule has 31 heavy (non-hydrogen) atoms. The Morgan fingerprint density at radius 3 is 2.58 bits per heavy atom. The summed E-state index contributed by atoms with van der Waals surface area (Å²) in [5, 5.41) is 3.51. The van der Waals surface area contributed by atoms with Gasteiger partial charge in [0.25, 0.3) is 10.0 Å². The number of nitrogens with one attached hydrogen (secondary N) is 1. The predicted octanol–water partition coefficient (Wildman–Crippen LogP) is 4.71. The molecule has 2 aliphatic heterocycles. The average Bonchev–Trinajstić information content (AvgIpc) is 3.40. The van der Waals surface area contributed by atoms with Crippen molar-refractivity contribution in [2.45, 2.75) is 55.8 Å². The summed E-state index contributed by atoms with van der Waals surface area (Å²) in [6, 6.07) is 15.3. The van der Waals surface area contributed by atoms with Crippen LogP contribution in [0.1, 0.15) is 55.6 Å². The zero-order chi connectivity index (χ0) is 21.1. The van der Waals surface area contributed by atoms with Crippen LogP contribution in [0.15, 0.2) is 53.4 Å². The maximum absolute atomic E-state index is 13.1. The summed E-state index contributed by atoms with van der Waals surface area (Å²) in [4.78, 5) is 0.376. The summed E-state index contributed by atoms with van der Waals surface area (Å²) in [5.74, 6) is 2.47. The number of benzene rings is 2. The average molecular weight is 437 g/mol. The van der Waals surface area contributed by atoms with Crippen LogP contribution < -0.4 is 9.62 Å². The molecule has 1 spiro atoms. The summed E-state index contributed by atoms with van der Waals surface area (Å²) in [5.41, 5.74) is 4.18. The van der Waals surface area contributed by atoms with E-state index in [1.807, 2.05) is 6.07 Å². The molecule has 0 bridgehead atoms. The monoisotopic (exact) mass is 436 g/mol. The lowest BCUT2D eigenvalue weighted by molar-refractivity contribution is 0.0145. The molecule has 2 atom stereocenters. The van der Waals surface area contributed by atoms with E-state index < -0.39 is 10.0 Å². The minimum atomic E-state index is -3.48. The van der Waals surface area contributed by atoms with Gasteiger partial charge in [0.1, 0.15) is 0 Å². The minimum Gasteiger partial charge on any atom is -0.317 e. The predicted molar refractivity (Wildman–Crippen MR) is 124 cm³/mol. The SMILES string of the molecule is O=S(=O)(c1ccccc1)N1CCc2cc(C3CC3CC3CC4(CCNCC4)C3)ccc21. The van der Waals surface area contributed by atoms with Crippen molar-refractivity contribution in [3.05, 3.63) is 59.7 Å². The first-order chi connectivity index (χ1) is 15.0. The van der Waals surface area contributed by atoms with E-state index in [0.717, 1.165) is 23.9 Å². The summed E-state index contributed by atoms with van der Waals surface area (Å²) in [6.45, 7) is 2.97. The lowest BCUT2D eigenvalue weighted by atomic mass is 9.56. The molecule has 1 N–H and O–H groups in total. The third-order valence-electron chi connectivity index (χ3n) is 8.38. The molecule has 3 fully saturated rings. The Morgan fingerprint density at radius 2 is 1.81 bits per heavy atom. The van der Waals surface area contributed by atoms with Crippen molar-refractivity contribution in [1.82, 2.24) is 5.32 Å². The molecule has 5 heteroatoms. The molecule has 0 aromatic heterocycles. The van der Waals surface area contributed by atoms with Gasteiger partial charge in [-0.15, -0.1) is 0 Å². The zero-order valence-corrected chi connectivity index (χ0v) is 18.9. The van der Waals surface area contributed by atoms with Crippen molar-refractivity contribution in [3.8, 4) is 0 Å². The topological polar surface area (TPSA) is 49.4 Å². The Labute approximate surface area is 186 Å². The maximum Gasteiger partial charge on any atom is 0.264 e. The number of hydrogen-bond donors (Lipinski definition) is 1. The summed E-state index contributed by atoms with van der Waals surface area (Å²) < 4.78 is 27.8. The fourth-order valence-electron chi connectivity index (χ4n) is 6.63. The summed E-state index contributed by atoms with van der Waals surface area (Å²) >= 11 is 0. The normalized spacial score (nSPS) is 27.2. The van der Waals surface area contributed by atoms with Crippen molar-refractivity contribution >= 4 is 15.7 Å². The molecule has 2 heterocycles. The van der Waals surface area contributed by atoms with Gasteiger partial charge < -0.3 is 5.32 Å². The number of anilines is 1. The van der Waals surface area contributed by atoms with Crippen LogP contribution in [0, 0.1) is 17.3 Å². The van der Waals surface area contributed by atoms with Gasteiger partial charge in [-0.25, -0.2) is 8.42 Å². The largest absolute Gasteiger partial charge is 0.317 e. The van der Waals surface area contributed by atoms with E-state index in [9.17, 15) is 8.42 Å². The Kier molecular flexibility index (Phi) is 4.69. The molecule has 2 aromatic rings. The molecule has 0 radical (unpaired) electrons. The van der Waals surface area contributed by atoms with E-state index >= 15 is 0 Å². The highest BCUT2D eigenvalue weighted by molar-refractivity contribution is 7.92. The van der Waals surface area contributed by atoms with Gasteiger partial charge in [0.2, 0.25) is 0 Å². The van der Waals surface area contributed by atoms with Crippen molar-refractivity contribution in [3.63, 3.8) is 0 Å². The van der Waals surface area contributed by atoms with Gasteiger partial charge in [-0.2, -0.15) is 0 Å². The van der Waals surface area contributed by atoms with Crippen LogP contribution in [0.25, 0.3) is 0 Å². The number of rotatable bonds is 5. The molecule has 1 saturated heterocycles. The van der Waals surface area contributed by atoms with E-state index in [2.05, 4.69) is 23.5 Å². The van der Waals surface area contributed by atoms with Gasteiger partial charge in [0.15, 0.2) is 0 Å². The van der Waals surface area contributed by atoms with Crippen LogP contribution in [-0.2, 0) is 16.4 Å². The van der Waals surface area contributed by atoms with E-state index in [-0.39, 0.29) is 0 Å². The number of piperidine rings is 1. The van der Waals surface area contributed by atoms with Gasteiger partial charge in [0, 0.05) is 6.54 Å². The van der Waals surface area contributed by atoms with Gasteiger partial charge in [-0.1, -0.05) is 30.3 Å². The third-order valence-corrected chi connectivity index (χ3v) is 10.2. The quantitative estimate of drug-likeness (QED) is 0.738. The van der Waals surface area contributed by atoms with Crippen LogP contribution in [0.4, 0.5) is 5.69 Å². The molecule has 4 aliphatic rings. The van der Waals surface area contributed by atoms with Crippen LogP contribution >= 0.6 is 0 Å². The standard InChI is InChI=1S/C26H32N2O2S/c29-31(30,23-4-2-1-3-5-23)28-13-8-21-15-20(6-7-25(21)28)24-16-22(24)14-19-17-26(18-19)9-11-27-12-10-26/h1-7,15,19,22,24,27H,8-14,16-18H2. The first-order valence-electron chi connectivity index (χ1n) is 12.0. The molecule has 4 nitrogen and oxygen atoms in total. The van der Waals surface area contributed by atoms with E-state index in [1.165, 1.54) is 62.7 Å². The number of hydrogen-bond acceptors (Lipinski definition) is 3. The minimum absolute atomic E-state index is 0.376. The Balaban J connectivity index is 1.11. The van der Waals surface area contributed by atoms with Gasteiger partial charge in [-0.3, -0.25) is 4.31 Å². The molecule has 0 amide bonds. The molecule has 164 valence electrons. The fourth-order valence-corrected chi connectivity index (χ4v) is 8.16. The Morgan fingerprint density at radius 1 is 1.03 bits per heavy atom. The molecular weight excluding hydrogens is 404 g/mol. The first-order valence-corrected chi connectivity index (χ1v) is 13.4. The molecular formula is C26H32N2O2S. The van der Waals surface area contributed by atoms with Crippen LogP contribution in [0.3, 0.4) is 0 Å². The maximum atomic E-state index is 13.1. The fraction of sp³-hybridized carbons (Fsp3) is 0.538. The molecule has 2 unspecified atom stereocenters. The Bertz CT molecular complexity index is 1070. The lowest BCUT2D eigenvalue weighted by Crippen LogP contribution is -2.45. The van der Waals surface area contributed by atoms with Crippen molar-refractivity contribution < 1.29 is 8.42 Å². The van der Waals surface area contributed by atoms with Crippen LogP contribution in [0.5, 0.6) is 0 Å². The van der Waals surface area contributed by atoms with Gasteiger partial charge >= 0.3 is 0 Å². The highest BCUT2D eigenvalue weighted by Gasteiger charge is 2.48. The van der Waals surface area contributed by atoms with E-state index in [0.29, 0.717) is 22.8 Å². The Hall–Kier alpha value is -1.85. The first kappa shape index (κ1) is 19.8. The number of fused-ring (bicyclic) bond motifs is 1. The van der Waals surface area contributed by atoms with Crippen LogP contribution in [-0.4, -0.2) is 28.1 Å². The second-order valence-electron chi connectivity index (χ2n) is 10.4. The molecule has 2 aliphatic carbocycles. The third kappa shape index (κ3) is 3.50. The van der Waals surface area contributed by atoms with E-state index in [4.69, 9.17) is 0 Å². The van der Waals surface area contributed by atoms with Gasteiger partial charge in [0.05, 0.1) is 10.6 Å². The molecule has 2 aromatic carbocycles. The zero-order valence-electron chi connectivity index (χ0n) is 18.1. The number of sulfonamides is 1. The highest BCUT2D eigenvalue weighted by Crippen LogP contribution is 2.59. The van der Waals surface area contributed by atoms with Crippen LogP contribution in [0.2, 0.25) is 0 Å². The lowest BCUT2D eigenvalue weighted by Gasteiger charge is -2.51. The summed E-state index contributed by atoms with van der Waals surface area (Å²) in [6.07, 6.45) is 9.19. The number of nitrogens with zero attached hydrogens (tertiary/aromatic N) is 1. The van der Waals surface area contributed by atoms with Gasteiger partial charge in [-0.05, 0) is 111 Å². The summed E-state index contributed by atoms with van der Waals surface area (Å²) in [7, 11) is -3.48.